The molecule has 4 N–H and O–H groups in total. The largest absolute Gasteiger partial charge is 0.432 e. The molecule has 0 aliphatic carbocycles. The number of amides is 2. The van der Waals surface area contributed by atoms with Gasteiger partial charge in [0.1, 0.15) is 0 Å². The lowest BCUT2D eigenvalue weighted by Gasteiger charge is -2.29. The molecular formula is C12H22N2O5. The highest BCUT2D eigenvalue weighted by molar-refractivity contribution is 5.76. The minimum Gasteiger partial charge on any atom is -0.432 e. The van der Waals surface area contributed by atoms with Crippen molar-refractivity contribution in [2.24, 2.45) is 0 Å². The van der Waals surface area contributed by atoms with Crippen molar-refractivity contribution in [3.63, 3.8) is 0 Å². The van der Waals surface area contributed by atoms with Crippen molar-refractivity contribution in [1.82, 2.24) is 10.6 Å². The van der Waals surface area contributed by atoms with Crippen molar-refractivity contribution in [3.05, 3.63) is 12.3 Å². The first-order chi connectivity index (χ1) is 8.89. The third kappa shape index (κ3) is 6.78. The molecule has 0 rings (SSSR count). The zero-order chi connectivity index (χ0) is 14.9. The van der Waals surface area contributed by atoms with Gasteiger partial charge in [-0.15, -0.1) is 0 Å². The number of rotatable bonds is 8. The van der Waals surface area contributed by atoms with E-state index in [1.165, 1.54) is 0 Å². The molecule has 0 aliphatic heterocycles. The number of urea groups is 1. The van der Waals surface area contributed by atoms with Crippen LogP contribution in [-0.4, -0.2) is 47.5 Å². The monoisotopic (exact) mass is 274 g/mol. The van der Waals surface area contributed by atoms with Crippen LogP contribution >= 0.6 is 0 Å². The highest BCUT2D eigenvalue weighted by Crippen LogP contribution is 2.07. The van der Waals surface area contributed by atoms with Gasteiger partial charge < -0.3 is 25.6 Å². The topological polar surface area (TPSA) is 108 Å². The van der Waals surface area contributed by atoms with Gasteiger partial charge in [-0.3, -0.25) is 4.79 Å². The number of hydrogen-bond donors (Lipinski definition) is 4. The summed E-state index contributed by atoms with van der Waals surface area (Å²) >= 11 is 0. The Labute approximate surface area is 112 Å². The molecule has 0 spiro atoms. The second kappa shape index (κ2) is 8.49. The molecule has 7 nitrogen and oxygen atoms in total. The zero-order valence-corrected chi connectivity index (χ0v) is 11.4. The third-order valence-electron chi connectivity index (χ3n) is 2.56. The zero-order valence-electron chi connectivity index (χ0n) is 11.4. The minimum absolute atomic E-state index is 0.0116. The SMILES string of the molecule is C=C(C)OC(=O)CCNC(=O)NC(CC)(CO)CO. The summed E-state index contributed by atoms with van der Waals surface area (Å²) in [5.41, 5.74) is -1.05. The van der Waals surface area contributed by atoms with Crippen LogP contribution in [0.1, 0.15) is 26.7 Å². The quantitative estimate of drug-likeness (QED) is 0.365. The van der Waals surface area contributed by atoms with E-state index in [0.29, 0.717) is 12.2 Å². The fourth-order valence-corrected chi connectivity index (χ4v) is 1.25. The molecule has 110 valence electrons. The van der Waals surface area contributed by atoms with Gasteiger partial charge in [0.2, 0.25) is 0 Å². The molecule has 0 bridgehead atoms. The van der Waals surface area contributed by atoms with Gasteiger partial charge in [0.05, 0.1) is 30.9 Å². The molecule has 0 aromatic rings. The molecule has 7 heteroatoms. The average molecular weight is 274 g/mol. The second-order valence-electron chi connectivity index (χ2n) is 4.26. The fraction of sp³-hybridized carbons (Fsp3) is 0.667. The van der Waals surface area contributed by atoms with Crippen LogP contribution in [0.15, 0.2) is 12.3 Å². The Morgan fingerprint density at radius 1 is 1.32 bits per heavy atom. The molecule has 0 unspecified atom stereocenters. The number of nitrogens with one attached hydrogen (secondary N) is 2. The second-order valence-corrected chi connectivity index (χ2v) is 4.26. The summed E-state index contributed by atoms with van der Waals surface area (Å²) in [6, 6.07) is -0.562. The fourth-order valence-electron chi connectivity index (χ4n) is 1.25. The van der Waals surface area contributed by atoms with E-state index in [-0.39, 0.29) is 26.2 Å². The number of esters is 1. The van der Waals surface area contributed by atoms with E-state index in [1.807, 2.05) is 0 Å². The van der Waals surface area contributed by atoms with Gasteiger partial charge in [-0.2, -0.15) is 0 Å². The first-order valence-corrected chi connectivity index (χ1v) is 6.03. The predicted octanol–water partition coefficient (Wildman–Crippen LogP) is -0.114. The highest BCUT2D eigenvalue weighted by Gasteiger charge is 2.28. The molecular weight excluding hydrogens is 252 g/mol. The van der Waals surface area contributed by atoms with Gasteiger partial charge in [-0.25, -0.2) is 4.79 Å². The maximum Gasteiger partial charge on any atom is 0.315 e. The Bertz CT molecular complexity index is 318. The lowest BCUT2D eigenvalue weighted by atomic mass is 9.99. The number of allylic oxidation sites excluding steroid dienone is 1. The van der Waals surface area contributed by atoms with Crippen LogP contribution in [0.25, 0.3) is 0 Å². The predicted molar refractivity (Wildman–Crippen MR) is 69.3 cm³/mol. The van der Waals surface area contributed by atoms with Crippen LogP contribution in [0.5, 0.6) is 0 Å². The van der Waals surface area contributed by atoms with E-state index in [1.54, 1.807) is 13.8 Å². The number of aliphatic hydroxyl groups is 2. The highest BCUT2D eigenvalue weighted by atomic mass is 16.5. The van der Waals surface area contributed by atoms with Gasteiger partial charge in [-0.1, -0.05) is 13.5 Å². The first-order valence-electron chi connectivity index (χ1n) is 6.03. The normalized spacial score (nSPS) is 10.7. The molecule has 0 atom stereocenters. The van der Waals surface area contributed by atoms with E-state index in [4.69, 9.17) is 14.9 Å². The van der Waals surface area contributed by atoms with Crippen LogP contribution in [0.2, 0.25) is 0 Å². The summed E-state index contributed by atoms with van der Waals surface area (Å²) in [5, 5.41) is 23.2. The molecule has 0 saturated heterocycles. The number of carbonyl (C=O) groups excluding carboxylic acids is 2. The van der Waals surface area contributed by atoms with Crippen LogP contribution in [0.4, 0.5) is 4.79 Å². The summed E-state index contributed by atoms with van der Waals surface area (Å²) in [4.78, 5) is 22.7. The number of hydrogen-bond acceptors (Lipinski definition) is 5. The molecule has 19 heavy (non-hydrogen) atoms. The molecule has 0 aromatic carbocycles. The summed E-state index contributed by atoms with van der Waals surface area (Å²) in [7, 11) is 0. The van der Waals surface area contributed by atoms with Crippen molar-refractivity contribution < 1.29 is 24.5 Å². The van der Waals surface area contributed by atoms with Crippen LogP contribution in [0, 0.1) is 0 Å². The summed E-state index contributed by atoms with van der Waals surface area (Å²) < 4.78 is 4.71. The van der Waals surface area contributed by atoms with E-state index in [0.717, 1.165) is 0 Å². The molecule has 0 saturated carbocycles. The lowest BCUT2D eigenvalue weighted by molar-refractivity contribution is -0.139. The maximum absolute atomic E-state index is 11.5. The summed E-state index contributed by atoms with van der Waals surface area (Å²) in [5.74, 6) is -0.195. The van der Waals surface area contributed by atoms with E-state index in [9.17, 15) is 9.59 Å². The molecule has 2 amide bonds. The van der Waals surface area contributed by atoms with Crippen LogP contribution in [0.3, 0.4) is 0 Å². The first kappa shape index (κ1) is 17.4. The average Bonchev–Trinajstić information content (AvgIpc) is 2.35. The summed E-state index contributed by atoms with van der Waals surface area (Å²) in [6.45, 7) is 6.06. The van der Waals surface area contributed by atoms with Crippen molar-refractivity contribution >= 4 is 12.0 Å². The number of carbonyl (C=O) groups is 2. The Morgan fingerprint density at radius 2 is 1.89 bits per heavy atom. The molecule has 0 aliphatic rings. The number of ether oxygens (including phenoxy) is 1. The van der Waals surface area contributed by atoms with Crippen molar-refractivity contribution in [3.8, 4) is 0 Å². The molecule has 0 aromatic heterocycles. The Kier molecular flexibility index (Phi) is 7.78. The van der Waals surface area contributed by atoms with Crippen LogP contribution < -0.4 is 10.6 Å². The Morgan fingerprint density at radius 3 is 2.32 bits per heavy atom. The van der Waals surface area contributed by atoms with Gasteiger partial charge in [0, 0.05) is 6.54 Å². The van der Waals surface area contributed by atoms with Gasteiger partial charge in [0.25, 0.3) is 0 Å². The van der Waals surface area contributed by atoms with E-state index >= 15 is 0 Å². The van der Waals surface area contributed by atoms with Crippen molar-refractivity contribution in [2.75, 3.05) is 19.8 Å². The van der Waals surface area contributed by atoms with Crippen LogP contribution in [-0.2, 0) is 9.53 Å². The Hall–Kier alpha value is -1.60. The van der Waals surface area contributed by atoms with Crippen molar-refractivity contribution in [2.45, 2.75) is 32.2 Å². The lowest BCUT2D eigenvalue weighted by Crippen LogP contribution is -2.56. The van der Waals surface area contributed by atoms with Gasteiger partial charge >= 0.3 is 12.0 Å². The van der Waals surface area contributed by atoms with E-state index < -0.39 is 17.5 Å². The van der Waals surface area contributed by atoms with Crippen molar-refractivity contribution in [1.29, 1.82) is 0 Å². The smallest absolute Gasteiger partial charge is 0.315 e. The maximum atomic E-state index is 11.5. The van der Waals surface area contributed by atoms with E-state index in [2.05, 4.69) is 17.2 Å². The number of aliphatic hydroxyl groups excluding tert-OH is 2. The molecule has 0 heterocycles. The summed E-state index contributed by atoms with van der Waals surface area (Å²) in [6.07, 6.45) is 0.392. The standard InChI is InChI=1S/C12H22N2O5/c1-4-12(7-15,8-16)14-11(18)13-6-5-10(17)19-9(2)3/h15-16H,2,4-8H2,1,3H3,(H2,13,14,18). The molecule has 0 radical (unpaired) electrons. The third-order valence-corrected chi connectivity index (χ3v) is 2.56. The Balaban J connectivity index is 4.05. The molecule has 0 fully saturated rings. The minimum atomic E-state index is -1.05. The van der Waals surface area contributed by atoms with Gasteiger partial charge in [0.15, 0.2) is 0 Å². The van der Waals surface area contributed by atoms with Gasteiger partial charge in [-0.05, 0) is 13.3 Å².